The van der Waals surface area contributed by atoms with E-state index in [4.69, 9.17) is 9.84 Å². The molecule has 116 valence electrons. The van der Waals surface area contributed by atoms with Gasteiger partial charge < -0.3 is 9.84 Å². The standard InChI is InChI=1S/C14H19NO5S/c1-20-7-4-8-21(18,19)15-10-11(9-14(16)17)12-5-2-3-6-13(12)15/h2-3,5-6,11H,4,7-10H2,1H3,(H,16,17). The van der Waals surface area contributed by atoms with Crippen LogP contribution in [0, 0.1) is 0 Å². The molecular weight excluding hydrogens is 294 g/mol. The van der Waals surface area contributed by atoms with Crippen LogP contribution in [0.1, 0.15) is 24.3 Å². The molecule has 0 saturated heterocycles. The van der Waals surface area contributed by atoms with Gasteiger partial charge in [-0.3, -0.25) is 9.10 Å². The molecule has 1 unspecified atom stereocenters. The number of nitrogens with zero attached hydrogens (tertiary/aromatic N) is 1. The molecule has 0 aromatic heterocycles. The zero-order chi connectivity index (χ0) is 15.5. The minimum atomic E-state index is -3.45. The van der Waals surface area contributed by atoms with Gasteiger partial charge in [0, 0.05) is 26.2 Å². The van der Waals surface area contributed by atoms with Gasteiger partial charge in [0.2, 0.25) is 10.0 Å². The summed E-state index contributed by atoms with van der Waals surface area (Å²) in [5, 5.41) is 8.98. The summed E-state index contributed by atoms with van der Waals surface area (Å²) in [7, 11) is -1.93. The van der Waals surface area contributed by atoms with Gasteiger partial charge in [-0.05, 0) is 18.1 Å². The van der Waals surface area contributed by atoms with Gasteiger partial charge in [-0.2, -0.15) is 0 Å². The number of hydrogen-bond acceptors (Lipinski definition) is 4. The highest BCUT2D eigenvalue weighted by Gasteiger charge is 2.35. The fraction of sp³-hybridized carbons (Fsp3) is 0.500. The first-order valence-electron chi connectivity index (χ1n) is 6.76. The van der Waals surface area contributed by atoms with Gasteiger partial charge in [0.1, 0.15) is 0 Å². The highest BCUT2D eigenvalue weighted by atomic mass is 32.2. The van der Waals surface area contributed by atoms with Gasteiger partial charge in [0.05, 0.1) is 17.9 Å². The Hall–Kier alpha value is -1.60. The van der Waals surface area contributed by atoms with E-state index in [1.54, 1.807) is 24.3 Å². The Morgan fingerprint density at radius 2 is 2.14 bits per heavy atom. The average molecular weight is 313 g/mol. The molecule has 1 aliphatic rings. The van der Waals surface area contributed by atoms with Crippen LogP contribution in [0.2, 0.25) is 0 Å². The van der Waals surface area contributed by atoms with E-state index in [1.807, 2.05) is 0 Å². The number of benzene rings is 1. The Morgan fingerprint density at radius 1 is 1.43 bits per heavy atom. The van der Waals surface area contributed by atoms with Crippen molar-refractivity contribution in [2.45, 2.75) is 18.8 Å². The van der Waals surface area contributed by atoms with Crippen LogP contribution in [0.15, 0.2) is 24.3 Å². The van der Waals surface area contributed by atoms with Crippen LogP contribution in [0.4, 0.5) is 5.69 Å². The monoisotopic (exact) mass is 313 g/mol. The molecule has 0 fully saturated rings. The molecule has 0 amide bonds. The maximum Gasteiger partial charge on any atom is 0.304 e. The third-order valence-electron chi connectivity index (χ3n) is 3.54. The fourth-order valence-electron chi connectivity index (χ4n) is 2.60. The summed E-state index contributed by atoms with van der Waals surface area (Å²) in [6.07, 6.45) is 0.349. The highest BCUT2D eigenvalue weighted by molar-refractivity contribution is 7.92. The molecule has 0 aliphatic carbocycles. The Balaban J connectivity index is 2.24. The van der Waals surface area contributed by atoms with Gasteiger partial charge in [-0.25, -0.2) is 8.42 Å². The van der Waals surface area contributed by atoms with E-state index in [-0.39, 0.29) is 24.6 Å². The lowest BCUT2D eigenvalue weighted by atomic mass is 9.98. The summed E-state index contributed by atoms with van der Waals surface area (Å²) in [6, 6.07) is 7.09. The van der Waals surface area contributed by atoms with Crippen LogP contribution < -0.4 is 4.31 Å². The first-order valence-corrected chi connectivity index (χ1v) is 8.36. The van der Waals surface area contributed by atoms with Gasteiger partial charge >= 0.3 is 5.97 Å². The van der Waals surface area contributed by atoms with Crippen LogP contribution >= 0.6 is 0 Å². The van der Waals surface area contributed by atoms with E-state index in [1.165, 1.54) is 11.4 Å². The van der Waals surface area contributed by atoms with Crippen molar-refractivity contribution in [1.82, 2.24) is 0 Å². The summed E-state index contributed by atoms with van der Waals surface area (Å²) in [5.41, 5.74) is 1.39. The van der Waals surface area contributed by atoms with Crippen LogP contribution in [-0.2, 0) is 19.6 Å². The number of sulfonamides is 1. The lowest BCUT2D eigenvalue weighted by Crippen LogP contribution is -2.32. The number of methoxy groups -OCH3 is 1. The predicted octanol–water partition coefficient (Wildman–Crippen LogP) is 1.43. The van der Waals surface area contributed by atoms with Crippen molar-refractivity contribution in [1.29, 1.82) is 0 Å². The number of carboxylic acid groups (broad SMARTS) is 1. The minimum absolute atomic E-state index is 0.00499. The van der Waals surface area contributed by atoms with Crippen molar-refractivity contribution in [3.8, 4) is 0 Å². The van der Waals surface area contributed by atoms with Crippen molar-refractivity contribution in [3.05, 3.63) is 29.8 Å². The molecule has 0 bridgehead atoms. The number of ether oxygens (including phenoxy) is 1. The third-order valence-corrected chi connectivity index (χ3v) is 5.36. The minimum Gasteiger partial charge on any atom is -0.481 e. The maximum atomic E-state index is 12.4. The van der Waals surface area contributed by atoms with E-state index in [9.17, 15) is 13.2 Å². The van der Waals surface area contributed by atoms with E-state index >= 15 is 0 Å². The molecule has 7 heteroatoms. The number of aliphatic carboxylic acids is 1. The largest absolute Gasteiger partial charge is 0.481 e. The van der Waals surface area contributed by atoms with Gasteiger partial charge in [0.15, 0.2) is 0 Å². The molecule has 1 atom stereocenters. The fourth-order valence-corrected chi connectivity index (χ4v) is 4.18. The lowest BCUT2D eigenvalue weighted by Gasteiger charge is -2.19. The van der Waals surface area contributed by atoms with Crippen LogP contribution in [0.3, 0.4) is 0 Å². The summed E-state index contributed by atoms with van der Waals surface area (Å²) in [4.78, 5) is 10.9. The van der Waals surface area contributed by atoms with Crippen molar-refractivity contribution in [3.63, 3.8) is 0 Å². The van der Waals surface area contributed by atoms with Gasteiger partial charge in [0.25, 0.3) is 0 Å². The van der Waals surface area contributed by atoms with Crippen molar-refractivity contribution >= 4 is 21.7 Å². The van der Waals surface area contributed by atoms with Crippen LogP contribution in [0.25, 0.3) is 0 Å². The molecule has 1 aromatic rings. The molecule has 0 spiro atoms. The Kier molecular flexibility index (Phi) is 4.84. The SMILES string of the molecule is COCCCS(=O)(=O)N1CC(CC(=O)O)c2ccccc21. The Morgan fingerprint density at radius 3 is 2.81 bits per heavy atom. The average Bonchev–Trinajstić information content (AvgIpc) is 2.78. The Labute approximate surface area is 124 Å². The number of para-hydroxylation sites is 1. The first kappa shape index (κ1) is 15.8. The molecule has 0 radical (unpaired) electrons. The van der Waals surface area contributed by atoms with E-state index in [0.29, 0.717) is 18.7 Å². The van der Waals surface area contributed by atoms with Crippen molar-refractivity contribution < 1.29 is 23.1 Å². The molecule has 2 rings (SSSR count). The van der Waals surface area contributed by atoms with Crippen molar-refractivity contribution in [2.24, 2.45) is 0 Å². The second kappa shape index (κ2) is 6.44. The number of rotatable bonds is 7. The van der Waals surface area contributed by atoms with Crippen LogP contribution in [0.5, 0.6) is 0 Å². The lowest BCUT2D eigenvalue weighted by molar-refractivity contribution is -0.137. The first-order chi connectivity index (χ1) is 9.95. The summed E-state index contributed by atoms with van der Waals surface area (Å²) >= 11 is 0. The normalized spacial score (nSPS) is 17.8. The van der Waals surface area contributed by atoms with Gasteiger partial charge in [-0.15, -0.1) is 0 Å². The second-order valence-electron chi connectivity index (χ2n) is 5.05. The number of carbonyl (C=O) groups is 1. The zero-order valence-corrected chi connectivity index (χ0v) is 12.7. The Bertz CT molecular complexity index is 614. The zero-order valence-electron chi connectivity index (χ0n) is 11.9. The number of carboxylic acids is 1. The molecule has 1 heterocycles. The number of anilines is 1. The van der Waals surface area contributed by atoms with Crippen LogP contribution in [-0.4, -0.2) is 45.5 Å². The summed E-state index contributed by atoms with van der Waals surface area (Å²) in [5.74, 6) is -1.22. The summed E-state index contributed by atoms with van der Waals surface area (Å²) < 4.78 is 31.1. The molecule has 21 heavy (non-hydrogen) atoms. The quantitative estimate of drug-likeness (QED) is 0.770. The van der Waals surface area contributed by atoms with E-state index in [2.05, 4.69) is 0 Å². The van der Waals surface area contributed by atoms with E-state index in [0.717, 1.165) is 5.56 Å². The number of hydrogen-bond donors (Lipinski definition) is 1. The highest BCUT2D eigenvalue weighted by Crippen LogP contribution is 2.39. The maximum absolute atomic E-state index is 12.4. The second-order valence-corrected chi connectivity index (χ2v) is 7.06. The predicted molar refractivity (Wildman–Crippen MR) is 79.1 cm³/mol. The topological polar surface area (TPSA) is 83.9 Å². The molecule has 0 saturated carbocycles. The number of fused-ring (bicyclic) bond motifs is 1. The van der Waals surface area contributed by atoms with Gasteiger partial charge in [-0.1, -0.05) is 18.2 Å². The molecule has 1 aliphatic heterocycles. The molecular formula is C14H19NO5S. The third kappa shape index (κ3) is 3.54. The van der Waals surface area contributed by atoms with E-state index < -0.39 is 16.0 Å². The molecule has 1 N–H and O–H groups in total. The van der Waals surface area contributed by atoms with Crippen molar-refractivity contribution in [2.75, 3.05) is 30.3 Å². The smallest absolute Gasteiger partial charge is 0.304 e. The molecule has 6 nitrogen and oxygen atoms in total. The molecule has 1 aromatic carbocycles. The summed E-state index contributed by atoms with van der Waals surface area (Å²) in [6.45, 7) is 0.578.